The molecule has 0 atom stereocenters. The van der Waals surface area contributed by atoms with Crippen molar-refractivity contribution in [3.05, 3.63) is 94.8 Å². The van der Waals surface area contributed by atoms with Gasteiger partial charge >= 0.3 is 0 Å². The molecule has 230 valence electrons. The molecule has 3 aromatic carbocycles. The van der Waals surface area contributed by atoms with E-state index in [1.165, 1.54) is 30.5 Å². The van der Waals surface area contributed by atoms with E-state index in [2.05, 4.69) is 46.5 Å². The highest BCUT2D eigenvalue weighted by Gasteiger charge is 2.17. The molecule has 0 unspecified atom stereocenters. The van der Waals surface area contributed by atoms with Gasteiger partial charge in [-0.05, 0) is 86.6 Å². The maximum atomic E-state index is 13.5. The molecule has 0 spiro atoms. The molecule has 2 N–H and O–H groups in total. The zero-order valence-corrected chi connectivity index (χ0v) is 25.1. The maximum Gasteiger partial charge on any atom is 0.273 e. The third-order valence-electron chi connectivity index (χ3n) is 6.84. The fourth-order valence-corrected chi connectivity index (χ4v) is 4.36. The monoisotopic (exact) mass is 593 g/mol. The second-order valence-electron chi connectivity index (χ2n) is 10.1. The van der Waals surface area contributed by atoms with E-state index in [0.717, 1.165) is 31.7 Å². The number of nitrogens with one attached hydrogen (secondary N) is 2. The van der Waals surface area contributed by atoms with E-state index in [4.69, 9.17) is 4.74 Å². The van der Waals surface area contributed by atoms with E-state index in [1.54, 1.807) is 24.3 Å². The second kappa shape index (κ2) is 17.7. The Labute approximate surface area is 252 Å². The number of hydrogen-bond acceptors (Lipinski definition) is 6. The predicted octanol–water partition coefficient (Wildman–Crippen LogP) is 5.74. The summed E-state index contributed by atoms with van der Waals surface area (Å²) in [5, 5.41) is 6.77. The summed E-state index contributed by atoms with van der Waals surface area (Å²) in [6, 6.07) is 17.9. The molecule has 0 aliphatic rings. The number of rotatable bonds is 17. The number of benzene rings is 3. The number of nitrogens with zero attached hydrogens (tertiary/aromatic N) is 3. The van der Waals surface area contributed by atoms with Crippen LogP contribution in [-0.2, 0) is 6.54 Å². The van der Waals surface area contributed by atoms with Crippen LogP contribution in [0.5, 0.6) is 5.75 Å². The van der Waals surface area contributed by atoms with E-state index in [0.29, 0.717) is 36.3 Å². The van der Waals surface area contributed by atoms with Crippen LogP contribution in [0.4, 0.5) is 14.5 Å². The lowest BCUT2D eigenvalue weighted by Crippen LogP contribution is -2.32. The van der Waals surface area contributed by atoms with Gasteiger partial charge in [0.25, 0.3) is 11.8 Å². The van der Waals surface area contributed by atoms with Crippen LogP contribution >= 0.6 is 0 Å². The normalized spacial score (nSPS) is 11.3. The third-order valence-corrected chi connectivity index (χ3v) is 6.84. The van der Waals surface area contributed by atoms with Gasteiger partial charge in [-0.2, -0.15) is 5.10 Å². The molecule has 2 amide bonds. The molecule has 10 heteroatoms. The fourth-order valence-electron chi connectivity index (χ4n) is 4.36. The van der Waals surface area contributed by atoms with Crippen molar-refractivity contribution in [3.63, 3.8) is 0 Å². The number of unbranched alkanes of at least 4 members (excludes halogenated alkanes) is 1. The minimum Gasteiger partial charge on any atom is -0.494 e. The molecule has 0 saturated heterocycles. The van der Waals surface area contributed by atoms with Gasteiger partial charge in [-0.15, -0.1) is 0 Å². The van der Waals surface area contributed by atoms with Crippen molar-refractivity contribution in [3.8, 4) is 5.75 Å². The Bertz CT molecular complexity index is 1360. The van der Waals surface area contributed by atoms with Crippen molar-refractivity contribution in [1.82, 2.24) is 15.2 Å². The lowest BCUT2D eigenvalue weighted by Gasteiger charge is -2.23. The molecular formula is C33H41F2N5O3. The number of carbonyl (C=O) groups excluding carboxylic acids is 2. The molecule has 43 heavy (non-hydrogen) atoms. The molecular weight excluding hydrogens is 552 g/mol. The van der Waals surface area contributed by atoms with Gasteiger partial charge in [0.05, 0.1) is 30.7 Å². The van der Waals surface area contributed by atoms with E-state index in [-0.39, 0.29) is 23.8 Å². The molecule has 8 nitrogen and oxygen atoms in total. The van der Waals surface area contributed by atoms with Crippen LogP contribution in [-0.4, -0.2) is 74.3 Å². The average molecular weight is 594 g/mol. The molecule has 3 rings (SSSR count). The number of likely N-dealkylation sites (N-methyl/N-ethyl adjacent to an activating group) is 2. The quantitative estimate of drug-likeness (QED) is 0.118. The molecule has 0 aliphatic carbocycles. The van der Waals surface area contributed by atoms with E-state index in [9.17, 15) is 18.4 Å². The van der Waals surface area contributed by atoms with Gasteiger partial charge in [0, 0.05) is 25.2 Å². The van der Waals surface area contributed by atoms with Crippen LogP contribution in [0.15, 0.2) is 71.8 Å². The summed E-state index contributed by atoms with van der Waals surface area (Å²) >= 11 is 0. The Kier molecular flexibility index (Phi) is 13.7. The highest BCUT2D eigenvalue weighted by Crippen LogP contribution is 2.24. The first-order chi connectivity index (χ1) is 20.8. The van der Waals surface area contributed by atoms with E-state index >= 15 is 0 Å². The van der Waals surface area contributed by atoms with Crippen LogP contribution in [0.1, 0.15) is 58.5 Å². The first-order valence-corrected chi connectivity index (χ1v) is 14.6. The lowest BCUT2D eigenvalue weighted by molar-refractivity contribution is 0.0955. The number of alkyl halides is 1. The van der Waals surface area contributed by atoms with Gasteiger partial charge in [0.15, 0.2) is 0 Å². The van der Waals surface area contributed by atoms with Crippen molar-refractivity contribution >= 4 is 23.7 Å². The van der Waals surface area contributed by atoms with Crippen LogP contribution < -0.4 is 15.5 Å². The van der Waals surface area contributed by atoms with Gasteiger partial charge in [-0.25, -0.2) is 9.82 Å². The van der Waals surface area contributed by atoms with Crippen molar-refractivity contribution in [2.75, 3.05) is 51.8 Å². The minimum absolute atomic E-state index is 0.125. The highest BCUT2D eigenvalue weighted by molar-refractivity contribution is 6.09. The summed E-state index contributed by atoms with van der Waals surface area (Å²) in [6.07, 6.45) is 2.22. The molecule has 0 saturated carbocycles. The number of amides is 2. The van der Waals surface area contributed by atoms with Crippen molar-refractivity contribution in [1.29, 1.82) is 0 Å². The summed E-state index contributed by atoms with van der Waals surface area (Å²) in [5.74, 6) is -0.999. The Morgan fingerprint density at radius 1 is 0.953 bits per heavy atom. The topological polar surface area (TPSA) is 86.3 Å². The zero-order chi connectivity index (χ0) is 31.0. The molecule has 3 aromatic rings. The standard InChI is InChI=1S/C33H41F2N5O3/c1-4-40(5-2)18-17-39(3)24-26-11-8-12-27(20-26)32(41)37-31-15-14-29(43-19-7-6-16-34)22-30(31)33(42)38-36-23-25-10-9-13-28(35)21-25/h8-15,20-23H,4-7,16-19,24H2,1-3H3,(H,37,41)(H,38,42)/b36-23+. The molecule has 0 aliphatic heterocycles. The first-order valence-electron chi connectivity index (χ1n) is 14.6. The molecule has 0 bridgehead atoms. The Morgan fingerprint density at radius 2 is 1.74 bits per heavy atom. The van der Waals surface area contributed by atoms with Crippen molar-refractivity contribution in [2.45, 2.75) is 33.2 Å². The molecule has 0 aromatic heterocycles. The Hall–Kier alpha value is -4.15. The van der Waals surface area contributed by atoms with Crippen LogP contribution in [0.2, 0.25) is 0 Å². The molecule has 0 heterocycles. The summed E-state index contributed by atoms with van der Waals surface area (Å²) in [7, 11) is 2.05. The van der Waals surface area contributed by atoms with Gasteiger partial charge in [0.2, 0.25) is 0 Å². The van der Waals surface area contributed by atoms with Crippen molar-refractivity contribution < 1.29 is 23.1 Å². The highest BCUT2D eigenvalue weighted by atomic mass is 19.1. The van der Waals surface area contributed by atoms with Gasteiger partial charge < -0.3 is 19.9 Å². The summed E-state index contributed by atoms with van der Waals surface area (Å²) in [4.78, 5) is 31.0. The van der Waals surface area contributed by atoms with Gasteiger partial charge in [-0.3, -0.25) is 14.0 Å². The SMILES string of the molecule is CCN(CC)CCN(C)Cc1cccc(C(=O)Nc2ccc(OCCCCF)cc2C(=O)N/N=C/c2cccc(F)c2)c1. The zero-order valence-electron chi connectivity index (χ0n) is 25.1. The average Bonchev–Trinajstić information content (AvgIpc) is 3.00. The smallest absolute Gasteiger partial charge is 0.273 e. The van der Waals surface area contributed by atoms with Crippen LogP contribution in [0.3, 0.4) is 0 Å². The third kappa shape index (κ3) is 11.2. The summed E-state index contributed by atoms with van der Waals surface area (Å²) < 4.78 is 31.6. The fraction of sp³-hybridized carbons (Fsp3) is 0.364. The van der Waals surface area contributed by atoms with Crippen molar-refractivity contribution in [2.24, 2.45) is 5.10 Å². The number of anilines is 1. The minimum atomic E-state index is -0.597. The first kappa shape index (κ1) is 33.4. The lowest BCUT2D eigenvalue weighted by atomic mass is 10.1. The number of hydrogen-bond donors (Lipinski definition) is 2. The van der Waals surface area contributed by atoms with E-state index in [1.807, 2.05) is 18.2 Å². The largest absolute Gasteiger partial charge is 0.494 e. The summed E-state index contributed by atoms with van der Waals surface area (Å²) in [5.41, 5.74) is 4.74. The Morgan fingerprint density at radius 3 is 2.49 bits per heavy atom. The predicted molar refractivity (Wildman–Crippen MR) is 167 cm³/mol. The van der Waals surface area contributed by atoms with Gasteiger partial charge in [-0.1, -0.05) is 38.1 Å². The maximum absolute atomic E-state index is 13.5. The van der Waals surface area contributed by atoms with E-state index < -0.39 is 18.4 Å². The number of halogens is 2. The van der Waals surface area contributed by atoms with Crippen LogP contribution in [0, 0.1) is 5.82 Å². The Balaban J connectivity index is 1.74. The molecule has 0 radical (unpaired) electrons. The van der Waals surface area contributed by atoms with Gasteiger partial charge in [0.1, 0.15) is 11.6 Å². The second-order valence-corrected chi connectivity index (χ2v) is 10.1. The number of ether oxygens (including phenoxy) is 1. The van der Waals surface area contributed by atoms with Crippen LogP contribution in [0.25, 0.3) is 0 Å². The summed E-state index contributed by atoms with van der Waals surface area (Å²) in [6.45, 7) is 8.72. The molecule has 0 fully saturated rings. The number of hydrazone groups is 1. The number of carbonyl (C=O) groups is 2.